The Kier molecular flexibility index (Phi) is 4.84. The Morgan fingerprint density at radius 3 is 2.88 bits per heavy atom. The standard InChI is InChI=1S/C14H26N2O/c1-2-11-5-3-7-13(9-11)16-14(17)12-6-4-8-15-10-12/h11-13,15H,2-10H2,1H3,(H,16,17)/t11?,12-,13?/m0/s1. The van der Waals surface area contributed by atoms with Gasteiger partial charge in [-0.2, -0.15) is 0 Å². The molecule has 0 aromatic rings. The Morgan fingerprint density at radius 1 is 1.29 bits per heavy atom. The van der Waals surface area contributed by atoms with Crippen LogP contribution in [0.5, 0.6) is 0 Å². The van der Waals surface area contributed by atoms with Crippen LogP contribution >= 0.6 is 0 Å². The van der Waals surface area contributed by atoms with Gasteiger partial charge in [0.15, 0.2) is 0 Å². The van der Waals surface area contributed by atoms with E-state index in [0.29, 0.717) is 11.9 Å². The van der Waals surface area contributed by atoms with Crippen LogP contribution in [0.4, 0.5) is 0 Å². The molecule has 0 spiro atoms. The third-order valence-corrected chi connectivity index (χ3v) is 4.37. The van der Waals surface area contributed by atoms with Crippen LogP contribution in [-0.4, -0.2) is 25.0 Å². The van der Waals surface area contributed by atoms with E-state index in [0.717, 1.165) is 31.8 Å². The second kappa shape index (κ2) is 6.39. The first-order chi connectivity index (χ1) is 8.29. The molecule has 98 valence electrons. The zero-order chi connectivity index (χ0) is 12.1. The molecule has 2 rings (SSSR count). The van der Waals surface area contributed by atoms with Crippen molar-refractivity contribution >= 4 is 5.91 Å². The van der Waals surface area contributed by atoms with Crippen LogP contribution in [0.3, 0.4) is 0 Å². The lowest BCUT2D eigenvalue weighted by Gasteiger charge is -2.31. The van der Waals surface area contributed by atoms with E-state index in [-0.39, 0.29) is 5.92 Å². The molecule has 3 nitrogen and oxygen atoms in total. The highest BCUT2D eigenvalue weighted by atomic mass is 16.2. The van der Waals surface area contributed by atoms with E-state index < -0.39 is 0 Å². The lowest BCUT2D eigenvalue weighted by molar-refractivity contribution is -0.126. The van der Waals surface area contributed by atoms with Crippen molar-refractivity contribution in [2.75, 3.05) is 13.1 Å². The van der Waals surface area contributed by atoms with E-state index in [1.54, 1.807) is 0 Å². The van der Waals surface area contributed by atoms with Crippen molar-refractivity contribution < 1.29 is 4.79 Å². The number of amides is 1. The molecule has 3 heteroatoms. The van der Waals surface area contributed by atoms with Gasteiger partial charge >= 0.3 is 0 Å². The maximum absolute atomic E-state index is 12.1. The molecule has 1 saturated carbocycles. The Balaban J connectivity index is 1.77. The smallest absolute Gasteiger partial charge is 0.224 e. The predicted octanol–water partition coefficient (Wildman–Crippen LogP) is 2.07. The van der Waals surface area contributed by atoms with Crippen LogP contribution in [0.1, 0.15) is 51.9 Å². The van der Waals surface area contributed by atoms with Gasteiger partial charge in [0.2, 0.25) is 5.91 Å². The van der Waals surface area contributed by atoms with E-state index >= 15 is 0 Å². The number of hydrogen-bond donors (Lipinski definition) is 2. The Labute approximate surface area is 105 Å². The number of carbonyl (C=O) groups excluding carboxylic acids is 1. The largest absolute Gasteiger partial charge is 0.353 e. The van der Waals surface area contributed by atoms with E-state index in [1.165, 1.54) is 32.1 Å². The van der Waals surface area contributed by atoms with Gasteiger partial charge in [0.05, 0.1) is 5.92 Å². The molecule has 1 aliphatic carbocycles. The fourth-order valence-electron chi connectivity index (χ4n) is 3.19. The van der Waals surface area contributed by atoms with Gasteiger partial charge < -0.3 is 10.6 Å². The maximum Gasteiger partial charge on any atom is 0.224 e. The molecule has 0 aromatic heterocycles. The molecule has 0 aromatic carbocycles. The van der Waals surface area contributed by atoms with Crippen molar-refractivity contribution in [1.82, 2.24) is 10.6 Å². The summed E-state index contributed by atoms with van der Waals surface area (Å²) in [5, 5.41) is 6.59. The molecule has 0 bridgehead atoms. The van der Waals surface area contributed by atoms with Crippen LogP contribution in [-0.2, 0) is 4.79 Å². The average Bonchev–Trinajstić information content (AvgIpc) is 2.40. The predicted molar refractivity (Wildman–Crippen MR) is 69.8 cm³/mol. The number of hydrogen-bond acceptors (Lipinski definition) is 2. The van der Waals surface area contributed by atoms with Crippen molar-refractivity contribution in [3.8, 4) is 0 Å². The van der Waals surface area contributed by atoms with Crippen molar-refractivity contribution in [3.05, 3.63) is 0 Å². The summed E-state index contributed by atoms with van der Waals surface area (Å²) in [6, 6.07) is 0.447. The minimum absolute atomic E-state index is 0.214. The van der Waals surface area contributed by atoms with E-state index in [9.17, 15) is 4.79 Å². The van der Waals surface area contributed by atoms with Crippen LogP contribution in [0.2, 0.25) is 0 Å². The van der Waals surface area contributed by atoms with Crippen molar-refractivity contribution in [2.24, 2.45) is 11.8 Å². The van der Waals surface area contributed by atoms with E-state index in [4.69, 9.17) is 0 Å². The van der Waals surface area contributed by atoms with Gasteiger partial charge in [0, 0.05) is 12.6 Å². The molecule has 2 unspecified atom stereocenters. The lowest BCUT2D eigenvalue weighted by Crippen LogP contribution is -2.45. The van der Waals surface area contributed by atoms with Crippen LogP contribution in [0, 0.1) is 11.8 Å². The highest BCUT2D eigenvalue weighted by Crippen LogP contribution is 2.26. The molecule has 2 aliphatic rings. The topological polar surface area (TPSA) is 41.1 Å². The minimum Gasteiger partial charge on any atom is -0.353 e. The molecule has 0 radical (unpaired) electrons. The molecular weight excluding hydrogens is 212 g/mol. The Morgan fingerprint density at radius 2 is 2.18 bits per heavy atom. The van der Waals surface area contributed by atoms with Crippen LogP contribution in [0.25, 0.3) is 0 Å². The monoisotopic (exact) mass is 238 g/mol. The number of carbonyl (C=O) groups is 1. The minimum atomic E-state index is 0.214. The SMILES string of the molecule is CCC1CCCC(NC(=O)[C@H]2CCCNC2)C1. The highest BCUT2D eigenvalue weighted by Gasteiger charge is 2.26. The Bertz CT molecular complexity index is 249. The third kappa shape index (κ3) is 3.70. The molecule has 17 heavy (non-hydrogen) atoms. The van der Waals surface area contributed by atoms with Crippen LogP contribution in [0.15, 0.2) is 0 Å². The summed E-state index contributed by atoms with van der Waals surface area (Å²) in [6.45, 7) is 4.21. The quantitative estimate of drug-likeness (QED) is 0.790. The molecule has 1 amide bonds. The lowest BCUT2D eigenvalue weighted by atomic mass is 9.84. The first-order valence-electron chi connectivity index (χ1n) is 7.30. The maximum atomic E-state index is 12.1. The van der Waals surface area contributed by atoms with Gasteiger partial charge in [-0.3, -0.25) is 4.79 Å². The van der Waals surface area contributed by atoms with Crippen LogP contribution < -0.4 is 10.6 Å². The summed E-state index contributed by atoms with van der Waals surface area (Å²) < 4.78 is 0. The van der Waals surface area contributed by atoms with Gasteiger partial charge in [-0.15, -0.1) is 0 Å². The first kappa shape index (κ1) is 12.9. The van der Waals surface area contributed by atoms with Gasteiger partial charge in [0.25, 0.3) is 0 Å². The Hall–Kier alpha value is -0.570. The van der Waals surface area contributed by atoms with Crippen molar-refractivity contribution in [2.45, 2.75) is 57.9 Å². The molecule has 2 fully saturated rings. The summed E-state index contributed by atoms with van der Waals surface area (Å²) in [4.78, 5) is 12.1. The van der Waals surface area contributed by atoms with E-state index in [2.05, 4.69) is 17.6 Å². The first-order valence-corrected chi connectivity index (χ1v) is 7.30. The third-order valence-electron chi connectivity index (χ3n) is 4.37. The summed E-state index contributed by atoms with van der Waals surface area (Å²) in [6.07, 6.45) is 8.48. The fourth-order valence-corrected chi connectivity index (χ4v) is 3.19. The average molecular weight is 238 g/mol. The van der Waals surface area contributed by atoms with Gasteiger partial charge in [-0.1, -0.05) is 26.2 Å². The van der Waals surface area contributed by atoms with E-state index in [1.807, 2.05) is 0 Å². The molecule has 2 N–H and O–H groups in total. The van der Waals surface area contributed by atoms with Gasteiger partial charge in [-0.05, 0) is 38.1 Å². The zero-order valence-electron chi connectivity index (χ0n) is 11.0. The van der Waals surface area contributed by atoms with Gasteiger partial charge in [0.1, 0.15) is 0 Å². The summed E-state index contributed by atoms with van der Waals surface area (Å²) in [7, 11) is 0. The second-order valence-electron chi connectivity index (χ2n) is 5.69. The summed E-state index contributed by atoms with van der Waals surface area (Å²) >= 11 is 0. The molecule has 1 aliphatic heterocycles. The fraction of sp³-hybridized carbons (Fsp3) is 0.929. The summed E-state index contributed by atoms with van der Waals surface area (Å²) in [5.74, 6) is 1.34. The van der Waals surface area contributed by atoms with Crippen molar-refractivity contribution in [1.29, 1.82) is 0 Å². The van der Waals surface area contributed by atoms with Gasteiger partial charge in [-0.25, -0.2) is 0 Å². The zero-order valence-corrected chi connectivity index (χ0v) is 11.0. The van der Waals surface area contributed by atoms with Crippen molar-refractivity contribution in [3.63, 3.8) is 0 Å². The molecule has 3 atom stereocenters. The number of piperidine rings is 1. The molecular formula is C14H26N2O. The summed E-state index contributed by atoms with van der Waals surface area (Å²) in [5.41, 5.74) is 0. The molecule has 1 heterocycles. The normalized spacial score (nSPS) is 34.3. The number of rotatable bonds is 3. The highest BCUT2D eigenvalue weighted by molar-refractivity contribution is 5.79. The molecule has 1 saturated heterocycles. The number of nitrogens with one attached hydrogen (secondary N) is 2. The second-order valence-corrected chi connectivity index (χ2v) is 5.69.